The molecule has 0 spiro atoms. The van der Waals surface area contributed by atoms with Crippen molar-refractivity contribution in [3.05, 3.63) is 52.2 Å². The van der Waals surface area contributed by atoms with Crippen molar-refractivity contribution in [2.75, 3.05) is 6.54 Å². The summed E-state index contributed by atoms with van der Waals surface area (Å²) in [6, 6.07) is 10.7. The molecule has 0 aliphatic heterocycles. The quantitative estimate of drug-likeness (QED) is 0.364. The SMILES string of the molecule is CCNC(=NCc1ccccc1OC(F)F)NCc1cccs1.I. The van der Waals surface area contributed by atoms with Gasteiger partial charge in [-0.3, -0.25) is 0 Å². The van der Waals surface area contributed by atoms with E-state index in [0.29, 0.717) is 24.6 Å². The number of nitrogens with one attached hydrogen (secondary N) is 2. The van der Waals surface area contributed by atoms with Crippen molar-refractivity contribution in [2.24, 2.45) is 4.99 Å². The van der Waals surface area contributed by atoms with E-state index in [1.165, 1.54) is 10.9 Å². The van der Waals surface area contributed by atoms with Gasteiger partial charge in [0.15, 0.2) is 5.96 Å². The summed E-state index contributed by atoms with van der Waals surface area (Å²) in [6.45, 7) is 0.758. The summed E-state index contributed by atoms with van der Waals surface area (Å²) in [6.07, 6.45) is 0. The molecule has 1 aromatic carbocycles. The van der Waals surface area contributed by atoms with Crippen LogP contribution in [-0.4, -0.2) is 19.1 Å². The Bertz CT molecular complexity index is 624. The van der Waals surface area contributed by atoms with Gasteiger partial charge in [0.1, 0.15) is 5.75 Å². The summed E-state index contributed by atoms with van der Waals surface area (Å²) in [5, 5.41) is 8.36. The van der Waals surface area contributed by atoms with E-state index in [4.69, 9.17) is 0 Å². The van der Waals surface area contributed by atoms with Crippen molar-refractivity contribution in [2.45, 2.75) is 26.6 Å². The molecule has 0 saturated carbocycles. The number of benzene rings is 1. The van der Waals surface area contributed by atoms with E-state index in [2.05, 4.69) is 20.4 Å². The number of ether oxygens (including phenoxy) is 1. The van der Waals surface area contributed by atoms with Crippen LogP contribution in [0.25, 0.3) is 0 Å². The Balaban J connectivity index is 0.00000288. The van der Waals surface area contributed by atoms with Gasteiger partial charge < -0.3 is 15.4 Å². The largest absolute Gasteiger partial charge is 0.434 e. The number of nitrogens with zero attached hydrogens (tertiary/aromatic N) is 1. The standard InChI is InChI=1S/C16H19F2N3OS.HI/c1-2-19-16(21-11-13-7-5-9-23-13)20-10-12-6-3-4-8-14(12)22-15(17)18;/h3-9,15H,2,10-11H2,1H3,(H2,19,20,21);1H. The lowest BCUT2D eigenvalue weighted by Gasteiger charge is -2.12. The van der Waals surface area contributed by atoms with Gasteiger partial charge in [0.2, 0.25) is 0 Å². The minimum Gasteiger partial charge on any atom is -0.434 e. The number of thiophene rings is 1. The molecule has 0 aliphatic carbocycles. The highest BCUT2D eigenvalue weighted by atomic mass is 127. The molecule has 0 radical (unpaired) electrons. The van der Waals surface area contributed by atoms with Crippen molar-refractivity contribution in [1.82, 2.24) is 10.6 Å². The zero-order valence-corrected chi connectivity index (χ0v) is 16.3. The molecule has 0 unspecified atom stereocenters. The highest BCUT2D eigenvalue weighted by Crippen LogP contribution is 2.20. The normalized spacial score (nSPS) is 11.1. The Morgan fingerprint density at radius 3 is 2.67 bits per heavy atom. The van der Waals surface area contributed by atoms with Crippen molar-refractivity contribution < 1.29 is 13.5 Å². The maximum atomic E-state index is 12.4. The van der Waals surface area contributed by atoms with Crippen LogP contribution in [0.15, 0.2) is 46.8 Å². The molecule has 1 heterocycles. The molecule has 1 aromatic heterocycles. The molecular formula is C16H20F2IN3OS. The number of alkyl halides is 2. The summed E-state index contributed by atoms with van der Waals surface area (Å²) >= 11 is 1.66. The van der Waals surface area contributed by atoms with Gasteiger partial charge in [0, 0.05) is 17.0 Å². The molecule has 132 valence electrons. The van der Waals surface area contributed by atoms with E-state index >= 15 is 0 Å². The maximum Gasteiger partial charge on any atom is 0.387 e. The first kappa shape index (κ1) is 20.6. The number of halogens is 3. The van der Waals surface area contributed by atoms with Gasteiger partial charge in [-0.1, -0.05) is 24.3 Å². The lowest BCUT2D eigenvalue weighted by atomic mass is 10.2. The predicted octanol–water partition coefficient (Wildman–Crippen LogP) is 4.22. The highest BCUT2D eigenvalue weighted by molar-refractivity contribution is 14.0. The van der Waals surface area contributed by atoms with Crippen molar-refractivity contribution in [3.8, 4) is 5.75 Å². The minimum absolute atomic E-state index is 0. The van der Waals surface area contributed by atoms with E-state index in [0.717, 1.165) is 0 Å². The van der Waals surface area contributed by atoms with Gasteiger partial charge in [-0.2, -0.15) is 8.78 Å². The first-order chi connectivity index (χ1) is 11.2. The Morgan fingerprint density at radius 1 is 1.21 bits per heavy atom. The molecule has 2 aromatic rings. The predicted molar refractivity (Wildman–Crippen MR) is 104 cm³/mol. The second-order valence-electron chi connectivity index (χ2n) is 4.61. The number of aliphatic imine (C=N–C) groups is 1. The number of rotatable bonds is 7. The third-order valence-corrected chi connectivity index (χ3v) is 3.83. The van der Waals surface area contributed by atoms with Crippen LogP contribution in [0, 0.1) is 0 Å². The van der Waals surface area contributed by atoms with E-state index < -0.39 is 6.61 Å². The molecule has 8 heteroatoms. The molecule has 0 saturated heterocycles. The van der Waals surface area contributed by atoms with Gasteiger partial charge in [-0.25, -0.2) is 4.99 Å². The van der Waals surface area contributed by atoms with E-state index in [1.807, 2.05) is 24.4 Å². The molecule has 0 bridgehead atoms. The Morgan fingerprint density at radius 2 is 2.00 bits per heavy atom. The third kappa shape index (κ3) is 7.00. The van der Waals surface area contributed by atoms with Crippen LogP contribution in [0.1, 0.15) is 17.4 Å². The number of hydrogen-bond donors (Lipinski definition) is 2. The van der Waals surface area contributed by atoms with Gasteiger partial charge in [-0.15, -0.1) is 35.3 Å². The molecule has 0 fully saturated rings. The highest BCUT2D eigenvalue weighted by Gasteiger charge is 2.09. The minimum atomic E-state index is -2.84. The molecule has 0 amide bonds. The fourth-order valence-corrected chi connectivity index (χ4v) is 2.58. The van der Waals surface area contributed by atoms with Crippen LogP contribution in [-0.2, 0) is 13.1 Å². The van der Waals surface area contributed by atoms with Gasteiger partial charge in [0.25, 0.3) is 0 Å². The second-order valence-corrected chi connectivity index (χ2v) is 5.65. The molecule has 24 heavy (non-hydrogen) atoms. The average Bonchev–Trinajstić information content (AvgIpc) is 3.04. The smallest absolute Gasteiger partial charge is 0.387 e. The molecule has 0 atom stereocenters. The topological polar surface area (TPSA) is 45.7 Å². The van der Waals surface area contributed by atoms with Crippen molar-refractivity contribution >= 4 is 41.3 Å². The van der Waals surface area contributed by atoms with Crippen LogP contribution in [0.4, 0.5) is 8.78 Å². The number of para-hydroxylation sites is 1. The zero-order valence-electron chi connectivity index (χ0n) is 13.2. The van der Waals surface area contributed by atoms with Crippen LogP contribution in [0.3, 0.4) is 0 Å². The van der Waals surface area contributed by atoms with Gasteiger partial charge in [-0.05, 0) is 24.4 Å². The number of hydrogen-bond acceptors (Lipinski definition) is 3. The summed E-state index contributed by atoms with van der Waals surface area (Å²) in [5.74, 6) is 0.785. The van der Waals surface area contributed by atoms with Gasteiger partial charge in [0.05, 0.1) is 13.1 Å². The molecule has 2 N–H and O–H groups in total. The Hall–Kier alpha value is -1.42. The molecule has 0 aliphatic rings. The molecular weight excluding hydrogens is 447 g/mol. The van der Waals surface area contributed by atoms with E-state index in [1.54, 1.807) is 29.5 Å². The lowest BCUT2D eigenvalue weighted by Crippen LogP contribution is -2.36. The molecule has 2 rings (SSSR count). The van der Waals surface area contributed by atoms with Crippen LogP contribution < -0.4 is 15.4 Å². The first-order valence-electron chi connectivity index (χ1n) is 7.26. The monoisotopic (exact) mass is 467 g/mol. The van der Waals surface area contributed by atoms with E-state index in [9.17, 15) is 8.78 Å². The van der Waals surface area contributed by atoms with Crippen LogP contribution in [0.5, 0.6) is 5.75 Å². The lowest BCUT2D eigenvalue weighted by molar-refractivity contribution is -0.0504. The van der Waals surface area contributed by atoms with Crippen LogP contribution in [0.2, 0.25) is 0 Å². The maximum absolute atomic E-state index is 12.4. The summed E-state index contributed by atoms with van der Waals surface area (Å²) < 4.78 is 29.3. The average molecular weight is 467 g/mol. The van der Waals surface area contributed by atoms with E-state index in [-0.39, 0.29) is 36.3 Å². The fraction of sp³-hybridized carbons (Fsp3) is 0.312. The summed E-state index contributed by atoms with van der Waals surface area (Å²) in [4.78, 5) is 5.62. The van der Waals surface area contributed by atoms with Crippen LogP contribution >= 0.6 is 35.3 Å². The summed E-state index contributed by atoms with van der Waals surface area (Å²) in [5.41, 5.74) is 0.612. The van der Waals surface area contributed by atoms with Gasteiger partial charge >= 0.3 is 6.61 Å². The number of guanidine groups is 1. The molecule has 4 nitrogen and oxygen atoms in total. The van der Waals surface area contributed by atoms with Crippen molar-refractivity contribution in [3.63, 3.8) is 0 Å². The zero-order chi connectivity index (χ0) is 16.5. The third-order valence-electron chi connectivity index (χ3n) is 2.95. The first-order valence-corrected chi connectivity index (χ1v) is 8.14. The fourth-order valence-electron chi connectivity index (χ4n) is 1.94. The Kier molecular flexibility index (Phi) is 9.62. The second kappa shape index (κ2) is 11.2. The van der Waals surface area contributed by atoms with Crippen molar-refractivity contribution in [1.29, 1.82) is 0 Å². The Labute approximate surface area is 161 Å². The summed E-state index contributed by atoms with van der Waals surface area (Å²) in [7, 11) is 0.